The van der Waals surface area contributed by atoms with Crippen molar-refractivity contribution in [2.75, 3.05) is 0 Å². The summed E-state index contributed by atoms with van der Waals surface area (Å²) in [5.74, 6) is -0.477. The third-order valence-corrected chi connectivity index (χ3v) is 2.76. The van der Waals surface area contributed by atoms with Crippen molar-refractivity contribution in [1.82, 2.24) is 0 Å². The van der Waals surface area contributed by atoms with Crippen LogP contribution in [0.4, 0.5) is 0 Å². The highest BCUT2D eigenvalue weighted by Gasteiger charge is 2.24. The molecule has 0 aromatic heterocycles. The van der Waals surface area contributed by atoms with Crippen LogP contribution in [0.25, 0.3) is 0 Å². The van der Waals surface area contributed by atoms with Crippen LogP contribution < -0.4 is 0 Å². The van der Waals surface area contributed by atoms with Crippen LogP contribution in [0, 0.1) is 0 Å². The minimum Gasteiger partial charge on any atom is -0.446 e. The van der Waals surface area contributed by atoms with Crippen molar-refractivity contribution in [3.8, 4) is 0 Å². The Hall–Kier alpha value is -1.90. The topological polar surface area (TPSA) is 43.4 Å². The second-order valence-corrected chi connectivity index (χ2v) is 4.17. The molecule has 1 aromatic carbocycles. The molecule has 0 amide bonds. The van der Waals surface area contributed by atoms with E-state index < -0.39 is 12.1 Å². The Morgan fingerprint density at radius 1 is 1.24 bits per heavy atom. The van der Waals surface area contributed by atoms with E-state index >= 15 is 0 Å². The van der Waals surface area contributed by atoms with Crippen LogP contribution in [0.15, 0.2) is 42.0 Å². The van der Waals surface area contributed by atoms with E-state index in [0.29, 0.717) is 12.0 Å². The fraction of sp³-hybridized carbons (Fsp3) is 0.286. The Bertz CT molecular complexity index is 460. The number of ketones is 1. The van der Waals surface area contributed by atoms with Gasteiger partial charge < -0.3 is 4.74 Å². The summed E-state index contributed by atoms with van der Waals surface area (Å²) in [6, 6.07) is 8.70. The Kier molecular flexibility index (Phi) is 3.38. The molecule has 0 heterocycles. The van der Waals surface area contributed by atoms with Crippen molar-refractivity contribution < 1.29 is 14.3 Å². The molecule has 1 atom stereocenters. The van der Waals surface area contributed by atoms with Crippen molar-refractivity contribution in [3.63, 3.8) is 0 Å². The largest absolute Gasteiger partial charge is 0.446 e. The van der Waals surface area contributed by atoms with Crippen molar-refractivity contribution >= 4 is 11.8 Å². The lowest BCUT2D eigenvalue weighted by Gasteiger charge is -2.18. The summed E-state index contributed by atoms with van der Waals surface area (Å²) in [6.07, 6.45) is 2.23. The molecule has 0 fully saturated rings. The lowest BCUT2D eigenvalue weighted by molar-refractivity contribution is -0.126. The molecule has 1 unspecified atom stereocenters. The van der Waals surface area contributed by atoms with Gasteiger partial charge in [-0.25, -0.2) is 4.79 Å². The van der Waals surface area contributed by atoms with Crippen LogP contribution in [-0.4, -0.2) is 17.9 Å². The summed E-state index contributed by atoms with van der Waals surface area (Å²) in [6.45, 7) is 1.94. The maximum Gasteiger partial charge on any atom is 0.339 e. The SMILES string of the molecule is CC1=CC(OC(=O)c2ccccc2)C(=O)CC1. The first-order chi connectivity index (χ1) is 8.16. The fourth-order valence-electron chi connectivity index (χ4n) is 1.75. The average Bonchev–Trinajstić information content (AvgIpc) is 2.35. The summed E-state index contributed by atoms with van der Waals surface area (Å²) in [5.41, 5.74) is 1.56. The van der Waals surface area contributed by atoms with Crippen LogP contribution in [0.5, 0.6) is 0 Å². The van der Waals surface area contributed by atoms with Gasteiger partial charge in [0.1, 0.15) is 0 Å². The smallest absolute Gasteiger partial charge is 0.339 e. The van der Waals surface area contributed by atoms with Crippen molar-refractivity contribution in [3.05, 3.63) is 47.5 Å². The minimum atomic E-state index is -0.712. The van der Waals surface area contributed by atoms with Crippen molar-refractivity contribution in [1.29, 1.82) is 0 Å². The monoisotopic (exact) mass is 230 g/mol. The minimum absolute atomic E-state index is 0.0279. The van der Waals surface area contributed by atoms with Gasteiger partial charge in [-0.1, -0.05) is 23.8 Å². The average molecular weight is 230 g/mol. The van der Waals surface area contributed by atoms with Gasteiger partial charge in [0.2, 0.25) is 0 Å². The maximum absolute atomic E-state index is 11.8. The van der Waals surface area contributed by atoms with Gasteiger partial charge >= 0.3 is 5.97 Å². The van der Waals surface area contributed by atoms with Crippen LogP contribution in [-0.2, 0) is 9.53 Å². The first-order valence-corrected chi connectivity index (χ1v) is 5.63. The Morgan fingerprint density at radius 2 is 1.94 bits per heavy atom. The highest BCUT2D eigenvalue weighted by Crippen LogP contribution is 2.18. The van der Waals surface area contributed by atoms with Gasteiger partial charge in [0.15, 0.2) is 11.9 Å². The summed E-state index contributed by atoms with van der Waals surface area (Å²) in [7, 11) is 0. The summed E-state index contributed by atoms with van der Waals surface area (Å²) < 4.78 is 5.20. The predicted molar refractivity (Wildman–Crippen MR) is 63.6 cm³/mol. The van der Waals surface area contributed by atoms with E-state index in [-0.39, 0.29) is 5.78 Å². The molecule has 0 N–H and O–H groups in total. The molecule has 0 aliphatic heterocycles. The van der Waals surface area contributed by atoms with E-state index in [9.17, 15) is 9.59 Å². The standard InChI is InChI=1S/C14H14O3/c1-10-7-8-12(15)13(9-10)17-14(16)11-5-3-2-4-6-11/h2-6,9,13H,7-8H2,1H3. The molecule has 17 heavy (non-hydrogen) atoms. The third-order valence-electron chi connectivity index (χ3n) is 2.76. The zero-order valence-electron chi connectivity index (χ0n) is 9.68. The van der Waals surface area contributed by atoms with Crippen LogP contribution in [0.2, 0.25) is 0 Å². The van der Waals surface area contributed by atoms with Crippen molar-refractivity contribution in [2.45, 2.75) is 25.9 Å². The van der Waals surface area contributed by atoms with Crippen LogP contribution in [0.1, 0.15) is 30.1 Å². The van der Waals surface area contributed by atoms with Crippen molar-refractivity contribution in [2.24, 2.45) is 0 Å². The molecule has 1 aliphatic rings. The van der Waals surface area contributed by atoms with Gasteiger partial charge in [0.05, 0.1) is 5.56 Å². The number of carbonyl (C=O) groups excluding carboxylic acids is 2. The molecular weight excluding hydrogens is 216 g/mol. The van der Waals surface area contributed by atoms with Gasteiger partial charge in [0, 0.05) is 6.42 Å². The van der Waals surface area contributed by atoms with Gasteiger partial charge in [-0.15, -0.1) is 0 Å². The molecule has 0 saturated carbocycles. The van der Waals surface area contributed by atoms with E-state index in [1.807, 2.05) is 13.0 Å². The number of carbonyl (C=O) groups is 2. The molecule has 0 spiro atoms. The number of benzene rings is 1. The molecular formula is C14H14O3. The van der Waals surface area contributed by atoms with Crippen LogP contribution in [0.3, 0.4) is 0 Å². The molecule has 0 bridgehead atoms. The number of esters is 1. The molecule has 3 heteroatoms. The first kappa shape index (κ1) is 11.6. The van der Waals surface area contributed by atoms with E-state index in [2.05, 4.69) is 0 Å². The van der Waals surface area contributed by atoms with E-state index in [1.165, 1.54) is 0 Å². The second-order valence-electron chi connectivity index (χ2n) is 4.17. The molecule has 0 saturated heterocycles. The molecule has 2 rings (SSSR count). The zero-order chi connectivity index (χ0) is 12.3. The normalized spacial score (nSPS) is 19.7. The summed E-state index contributed by atoms with van der Waals surface area (Å²) in [4.78, 5) is 23.3. The number of rotatable bonds is 2. The number of hydrogen-bond acceptors (Lipinski definition) is 3. The first-order valence-electron chi connectivity index (χ1n) is 5.63. The third kappa shape index (κ3) is 2.81. The van der Waals surface area contributed by atoms with E-state index in [1.54, 1.807) is 30.3 Å². The summed E-state index contributed by atoms with van der Waals surface area (Å²) >= 11 is 0. The zero-order valence-corrected chi connectivity index (χ0v) is 9.68. The van der Waals surface area contributed by atoms with E-state index in [4.69, 9.17) is 4.74 Å². The lowest BCUT2D eigenvalue weighted by atomic mass is 9.97. The number of Topliss-reactive ketones (excluding diaryl/α,β-unsaturated/α-hetero) is 1. The quantitative estimate of drug-likeness (QED) is 0.579. The molecule has 1 aromatic rings. The van der Waals surface area contributed by atoms with Gasteiger partial charge in [-0.3, -0.25) is 4.79 Å². The summed E-state index contributed by atoms with van der Waals surface area (Å²) in [5, 5.41) is 0. The van der Waals surface area contributed by atoms with Gasteiger partial charge in [0.25, 0.3) is 0 Å². The molecule has 1 aliphatic carbocycles. The Morgan fingerprint density at radius 3 is 2.65 bits per heavy atom. The van der Waals surface area contributed by atoms with E-state index in [0.717, 1.165) is 12.0 Å². The van der Waals surface area contributed by atoms with Gasteiger partial charge in [-0.2, -0.15) is 0 Å². The molecule has 0 radical (unpaired) electrons. The molecule has 88 valence electrons. The second kappa shape index (κ2) is 4.95. The number of allylic oxidation sites excluding steroid dienone is 1. The van der Waals surface area contributed by atoms with Gasteiger partial charge in [-0.05, 0) is 31.6 Å². The highest BCUT2D eigenvalue weighted by atomic mass is 16.5. The number of ether oxygens (including phenoxy) is 1. The van der Waals surface area contributed by atoms with Crippen LogP contribution >= 0.6 is 0 Å². The highest BCUT2D eigenvalue weighted by molar-refractivity contribution is 5.94. The fourth-order valence-corrected chi connectivity index (χ4v) is 1.75. The lowest BCUT2D eigenvalue weighted by Crippen LogP contribution is -2.28. The molecule has 3 nitrogen and oxygen atoms in total. The predicted octanol–water partition coefficient (Wildman–Crippen LogP) is 2.52. The Labute approximate surface area is 100 Å². The number of hydrogen-bond donors (Lipinski definition) is 0. The Balaban J connectivity index is 2.09. The maximum atomic E-state index is 11.8.